The Balaban J connectivity index is 2.38. The van der Waals surface area contributed by atoms with Gasteiger partial charge in [0, 0.05) is 7.05 Å². The minimum Gasteiger partial charge on any atom is -0.468 e. The Morgan fingerprint density at radius 1 is 1.33 bits per heavy atom. The highest BCUT2D eigenvalue weighted by Crippen LogP contribution is 2.23. The fourth-order valence-electron chi connectivity index (χ4n) is 2.35. The van der Waals surface area contributed by atoms with Crippen molar-refractivity contribution in [1.82, 2.24) is 9.55 Å². The number of rotatable bonds is 5. The maximum Gasteiger partial charge on any atom is 0.300 e. The fraction of sp³-hybridized carbons (Fsp3) is 0.615. The molecule has 0 amide bonds. The van der Waals surface area contributed by atoms with E-state index in [1.807, 2.05) is 0 Å². The van der Waals surface area contributed by atoms with Crippen LogP contribution in [0.5, 0.6) is 6.01 Å². The predicted molar refractivity (Wildman–Crippen MR) is 78.8 cm³/mol. The number of aromatic nitrogens is 2. The summed E-state index contributed by atoms with van der Waals surface area (Å²) in [4.78, 5) is 27.2. The molecule has 1 fully saturated rings. The smallest absolute Gasteiger partial charge is 0.300 e. The van der Waals surface area contributed by atoms with Crippen molar-refractivity contribution in [2.75, 3.05) is 19.0 Å². The minimum atomic E-state index is -1.61. The van der Waals surface area contributed by atoms with Gasteiger partial charge >= 0.3 is 6.01 Å². The van der Waals surface area contributed by atoms with Crippen LogP contribution in [0, 0.1) is 0 Å². The van der Waals surface area contributed by atoms with Gasteiger partial charge in [0.05, 0.1) is 13.7 Å². The average molecular weight is 345 g/mol. The molecule has 0 aliphatic carbocycles. The number of aldehydes is 1. The van der Waals surface area contributed by atoms with E-state index in [0.717, 1.165) is 4.57 Å². The van der Waals surface area contributed by atoms with Crippen molar-refractivity contribution in [2.24, 2.45) is 7.05 Å². The largest absolute Gasteiger partial charge is 0.468 e. The van der Waals surface area contributed by atoms with Crippen LogP contribution in [0.1, 0.15) is 10.4 Å². The molecule has 5 N–H and O–H groups in total. The number of carbonyl (C=O) groups is 1. The van der Waals surface area contributed by atoms with E-state index in [2.05, 4.69) is 10.3 Å². The molecule has 2 rings (SSSR count). The molecule has 1 aromatic rings. The number of methoxy groups -OCH3 is 1. The Labute approximate surface area is 136 Å². The molecule has 5 atom stereocenters. The zero-order chi connectivity index (χ0) is 18.0. The summed E-state index contributed by atoms with van der Waals surface area (Å²) in [5, 5.41) is 41.2. The number of nitrogens with zero attached hydrogens (tertiary/aromatic N) is 2. The SMILES string of the molecule is COc1nc(N[C@@H]2O[C@@H](CO)[C@@H](O)[C@@H](O)[C@@H]2O)c(C=O)c(=O)n1C. The van der Waals surface area contributed by atoms with E-state index >= 15 is 0 Å². The van der Waals surface area contributed by atoms with Gasteiger partial charge in [-0.2, -0.15) is 4.98 Å². The minimum absolute atomic E-state index is 0.0994. The third kappa shape index (κ3) is 3.12. The quantitative estimate of drug-likeness (QED) is 0.344. The Morgan fingerprint density at radius 2 is 2.00 bits per heavy atom. The first kappa shape index (κ1) is 18.3. The molecular weight excluding hydrogens is 326 g/mol. The summed E-state index contributed by atoms with van der Waals surface area (Å²) in [6.07, 6.45) is -6.93. The van der Waals surface area contributed by atoms with E-state index in [1.54, 1.807) is 0 Å². The third-order valence-corrected chi connectivity index (χ3v) is 3.76. The van der Waals surface area contributed by atoms with E-state index < -0.39 is 42.8 Å². The van der Waals surface area contributed by atoms with E-state index in [9.17, 15) is 24.9 Å². The van der Waals surface area contributed by atoms with Gasteiger partial charge in [0.2, 0.25) is 0 Å². The summed E-state index contributed by atoms with van der Waals surface area (Å²) in [5.41, 5.74) is -1.03. The second kappa shape index (κ2) is 7.23. The van der Waals surface area contributed by atoms with Crippen LogP contribution in [0.2, 0.25) is 0 Å². The maximum atomic E-state index is 12.1. The standard InChI is InChI=1S/C13H19N3O8/c1-16-12(22)5(3-17)10(15-13(16)23-2)14-11-9(21)8(20)7(19)6(4-18)24-11/h3,6-9,11,14,18-21H,4H2,1-2H3/t6-,7+,8+,9-,11+/m0/s1. The first-order chi connectivity index (χ1) is 11.3. The zero-order valence-electron chi connectivity index (χ0n) is 13.0. The number of ether oxygens (including phenoxy) is 2. The van der Waals surface area contributed by atoms with Crippen molar-refractivity contribution in [1.29, 1.82) is 0 Å². The molecule has 0 unspecified atom stereocenters. The summed E-state index contributed by atoms with van der Waals surface area (Å²) in [5.74, 6) is -0.228. The molecule has 0 bridgehead atoms. The van der Waals surface area contributed by atoms with E-state index in [0.29, 0.717) is 0 Å². The Morgan fingerprint density at radius 3 is 2.54 bits per heavy atom. The van der Waals surface area contributed by atoms with Crippen LogP contribution in [-0.2, 0) is 11.8 Å². The average Bonchev–Trinajstić information content (AvgIpc) is 2.58. The first-order valence-electron chi connectivity index (χ1n) is 7.03. The van der Waals surface area contributed by atoms with Crippen LogP contribution in [0.25, 0.3) is 0 Å². The van der Waals surface area contributed by atoms with Gasteiger partial charge in [-0.25, -0.2) is 0 Å². The van der Waals surface area contributed by atoms with Gasteiger partial charge in [-0.05, 0) is 0 Å². The number of aliphatic hydroxyl groups is 4. The van der Waals surface area contributed by atoms with Crippen molar-refractivity contribution < 1.29 is 34.7 Å². The summed E-state index contributed by atoms with van der Waals surface area (Å²) in [7, 11) is 2.64. The number of hydrogen-bond donors (Lipinski definition) is 5. The fourth-order valence-corrected chi connectivity index (χ4v) is 2.35. The van der Waals surface area contributed by atoms with E-state index in [4.69, 9.17) is 14.6 Å². The molecule has 0 saturated carbocycles. The summed E-state index contributed by atoms with van der Waals surface area (Å²) >= 11 is 0. The molecule has 2 heterocycles. The topological polar surface area (TPSA) is 163 Å². The molecule has 1 aliphatic rings. The second-order valence-corrected chi connectivity index (χ2v) is 5.24. The van der Waals surface area contributed by atoms with E-state index in [1.165, 1.54) is 14.2 Å². The molecule has 11 heteroatoms. The second-order valence-electron chi connectivity index (χ2n) is 5.24. The normalized spacial score (nSPS) is 30.0. The lowest BCUT2D eigenvalue weighted by Gasteiger charge is -2.40. The van der Waals surface area contributed by atoms with Crippen molar-refractivity contribution in [3.8, 4) is 6.01 Å². The van der Waals surface area contributed by atoms with Gasteiger partial charge in [-0.1, -0.05) is 0 Å². The van der Waals surface area contributed by atoms with Gasteiger partial charge in [-0.15, -0.1) is 0 Å². The lowest BCUT2D eigenvalue weighted by atomic mass is 9.98. The molecular formula is C13H19N3O8. The van der Waals surface area contributed by atoms with Gasteiger partial charge < -0.3 is 35.2 Å². The highest BCUT2D eigenvalue weighted by Gasteiger charge is 2.43. The molecule has 1 saturated heterocycles. The van der Waals surface area contributed by atoms with Crippen LogP contribution < -0.4 is 15.6 Å². The number of hydrogen-bond acceptors (Lipinski definition) is 10. The molecule has 24 heavy (non-hydrogen) atoms. The van der Waals surface area contributed by atoms with Crippen LogP contribution in [0.4, 0.5) is 5.82 Å². The Kier molecular flexibility index (Phi) is 5.51. The van der Waals surface area contributed by atoms with Crippen molar-refractivity contribution in [3.05, 3.63) is 15.9 Å². The lowest BCUT2D eigenvalue weighted by Crippen LogP contribution is -2.60. The lowest BCUT2D eigenvalue weighted by molar-refractivity contribution is -0.221. The predicted octanol–water partition coefficient (Wildman–Crippen LogP) is -3.19. The van der Waals surface area contributed by atoms with Crippen LogP contribution in [0.15, 0.2) is 4.79 Å². The summed E-state index contributed by atoms with van der Waals surface area (Å²) in [6.45, 7) is -0.614. The third-order valence-electron chi connectivity index (χ3n) is 3.76. The number of nitrogens with one attached hydrogen (secondary N) is 1. The highest BCUT2D eigenvalue weighted by molar-refractivity contribution is 5.82. The number of aliphatic hydroxyl groups excluding tert-OH is 4. The number of carbonyl (C=O) groups excluding carboxylic acids is 1. The van der Waals surface area contributed by atoms with Crippen LogP contribution in [0.3, 0.4) is 0 Å². The van der Waals surface area contributed by atoms with Gasteiger partial charge in [0.1, 0.15) is 35.8 Å². The summed E-state index contributed by atoms with van der Waals surface area (Å²) < 4.78 is 11.2. The molecule has 1 aliphatic heterocycles. The molecule has 134 valence electrons. The molecule has 0 radical (unpaired) electrons. The van der Waals surface area contributed by atoms with E-state index in [-0.39, 0.29) is 23.7 Å². The molecule has 0 aromatic carbocycles. The Hall–Kier alpha value is -2.05. The van der Waals surface area contributed by atoms with Gasteiger partial charge in [0.25, 0.3) is 5.56 Å². The van der Waals surface area contributed by atoms with Crippen LogP contribution >= 0.6 is 0 Å². The Bertz CT molecular complexity index is 661. The maximum absolute atomic E-state index is 12.1. The monoisotopic (exact) mass is 345 g/mol. The van der Waals surface area contributed by atoms with Gasteiger partial charge in [-0.3, -0.25) is 14.2 Å². The van der Waals surface area contributed by atoms with Crippen molar-refractivity contribution in [2.45, 2.75) is 30.6 Å². The first-order valence-corrected chi connectivity index (χ1v) is 7.03. The molecule has 11 nitrogen and oxygen atoms in total. The summed E-state index contributed by atoms with van der Waals surface area (Å²) in [6, 6.07) is -0.0994. The van der Waals surface area contributed by atoms with Gasteiger partial charge in [0.15, 0.2) is 12.5 Å². The van der Waals surface area contributed by atoms with Crippen molar-refractivity contribution >= 4 is 12.1 Å². The van der Waals surface area contributed by atoms with Crippen LogP contribution in [-0.4, -0.2) is 80.6 Å². The van der Waals surface area contributed by atoms with Crippen molar-refractivity contribution in [3.63, 3.8) is 0 Å². The number of anilines is 1. The highest BCUT2D eigenvalue weighted by atomic mass is 16.6. The zero-order valence-corrected chi connectivity index (χ0v) is 13.0. The molecule has 1 aromatic heterocycles. The molecule has 0 spiro atoms.